The van der Waals surface area contributed by atoms with E-state index < -0.39 is 0 Å². The zero-order valence-corrected chi connectivity index (χ0v) is 17.9. The molecule has 3 heterocycles. The summed E-state index contributed by atoms with van der Waals surface area (Å²) in [4.78, 5) is 44.9. The molecule has 0 radical (unpaired) electrons. The van der Waals surface area contributed by atoms with E-state index in [4.69, 9.17) is 5.73 Å². The standard InChI is InChI=1S/C21H37N5O3/c1-23-12-14-25(15-13-23)21(29)17-4-3-9-26(16-17)18-7-10-24(11-8-18)20(28)6-2-5-19(22)27/h17-18H,2-16H2,1H3,(H2,22,27). The molecular weight excluding hydrogens is 370 g/mol. The van der Waals surface area contributed by atoms with Crippen molar-refractivity contribution in [2.75, 3.05) is 59.4 Å². The number of piperidine rings is 2. The number of nitrogens with zero attached hydrogens (tertiary/aromatic N) is 4. The van der Waals surface area contributed by atoms with Crippen LogP contribution >= 0.6 is 0 Å². The molecular formula is C21H37N5O3. The molecule has 0 aromatic carbocycles. The predicted molar refractivity (Wildman–Crippen MR) is 111 cm³/mol. The Morgan fingerprint density at radius 1 is 0.862 bits per heavy atom. The van der Waals surface area contributed by atoms with E-state index in [0.29, 0.717) is 24.8 Å². The lowest BCUT2D eigenvalue weighted by atomic mass is 9.92. The van der Waals surface area contributed by atoms with E-state index in [-0.39, 0.29) is 24.2 Å². The maximum absolute atomic E-state index is 13.0. The summed E-state index contributed by atoms with van der Waals surface area (Å²) >= 11 is 0. The van der Waals surface area contributed by atoms with Crippen LogP contribution in [0.5, 0.6) is 0 Å². The molecule has 3 aliphatic rings. The van der Waals surface area contributed by atoms with Gasteiger partial charge in [-0.05, 0) is 45.7 Å². The molecule has 0 saturated carbocycles. The van der Waals surface area contributed by atoms with Crippen molar-refractivity contribution in [3.63, 3.8) is 0 Å². The summed E-state index contributed by atoms with van der Waals surface area (Å²) in [6.45, 7) is 7.10. The quantitative estimate of drug-likeness (QED) is 0.675. The van der Waals surface area contributed by atoms with E-state index in [0.717, 1.165) is 78.0 Å². The minimum atomic E-state index is -0.345. The second kappa shape index (κ2) is 10.4. The van der Waals surface area contributed by atoms with Gasteiger partial charge in [0.1, 0.15) is 0 Å². The monoisotopic (exact) mass is 407 g/mol. The van der Waals surface area contributed by atoms with E-state index >= 15 is 0 Å². The van der Waals surface area contributed by atoms with Crippen molar-refractivity contribution < 1.29 is 14.4 Å². The molecule has 0 bridgehead atoms. The van der Waals surface area contributed by atoms with Gasteiger partial charge < -0.3 is 20.4 Å². The molecule has 3 aliphatic heterocycles. The maximum Gasteiger partial charge on any atom is 0.227 e. The number of piperazine rings is 1. The highest BCUT2D eigenvalue weighted by molar-refractivity contribution is 5.79. The second-order valence-corrected chi connectivity index (χ2v) is 8.89. The summed E-state index contributed by atoms with van der Waals surface area (Å²) < 4.78 is 0. The van der Waals surface area contributed by atoms with E-state index in [9.17, 15) is 14.4 Å². The van der Waals surface area contributed by atoms with Gasteiger partial charge in [-0.25, -0.2) is 0 Å². The minimum Gasteiger partial charge on any atom is -0.370 e. The van der Waals surface area contributed by atoms with E-state index in [1.54, 1.807) is 0 Å². The molecule has 8 heteroatoms. The van der Waals surface area contributed by atoms with Gasteiger partial charge in [-0.1, -0.05) is 0 Å². The highest BCUT2D eigenvalue weighted by atomic mass is 16.2. The van der Waals surface area contributed by atoms with Crippen LogP contribution < -0.4 is 5.73 Å². The third kappa shape index (κ3) is 6.15. The summed E-state index contributed by atoms with van der Waals surface area (Å²) in [6, 6.07) is 0.466. The first kappa shape index (κ1) is 22.0. The first-order valence-corrected chi connectivity index (χ1v) is 11.2. The number of carbonyl (C=O) groups is 3. The normalized spacial score (nSPS) is 25.2. The lowest BCUT2D eigenvalue weighted by Crippen LogP contribution is -2.54. The number of hydrogen-bond acceptors (Lipinski definition) is 5. The molecule has 3 saturated heterocycles. The first-order chi connectivity index (χ1) is 13.9. The van der Waals surface area contributed by atoms with Crippen LogP contribution in [0.3, 0.4) is 0 Å². The molecule has 8 nitrogen and oxygen atoms in total. The summed E-state index contributed by atoms with van der Waals surface area (Å²) in [7, 11) is 2.11. The summed E-state index contributed by atoms with van der Waals surface area (Å²) in [6.07, 6.45) is 5.23. The Hall–Kier alpha value is -1.67. The Morgan fingerprint density at radius 3 is 2.21 bits per heavy atom. The number of likely N-dealkylation sites (N-methyl/N-ethyl adjacent to an activating group) is 1. The smallest absolute Gasteiger partial charge is 0.227 e. The van der Waals surface area contributed by atoms with Gasteiger partial charge in [0.2, 0.25) is 17.7 Å². The molecule has 1 unspecified atom stereocenters. The van der Waals surface area contributed by atoms with Crippen LogP contribution in [0.2, 0.25) is 0 Å². The molecule has 3 fully saturated rings. The zero-order chi connectivity index (χ0) is 20.8. The van der Waals surface area contributed by atoms with Gasteiger partial charge in [-0.15, -0.1) is 0 Å². The van der Waals surface area contributed by atoms with Crippen molar-refractivity contribution in [3.8, 4) is 0 Å². The number of amides is 3. The minimum absolute atomic E-state index is 0.126. The molecule has 2 N–H and O–H groups in total. The van der Waals surface area contributed by atoms with Crippen LogP contribution in [0.4, 0.5) is 0 Å². The van der Waals surface area contributed by atoms with Gasteiger partial charge in [0.15, 0.2) is 0 Å². The highest BCUT2D eigenvalue weighted by Gasteiger charge is 2.34. The second-order valence-electron chi connectivity index (χ2n) is 8.89. The SMILES string of the molecule is CN1CCN(C(=O)C2CCCN(C3CCN(C(=O)CCCC(N)=O)CC3)C2)CC1. The molecule has 1 atom stereocenters. The van der Waals surface area contributed by atoms with Crippen LogP contribution in [0.25, 0.3) is 0 Å². The van der Waals surface area contributed by atoms with Crippen LogP contribution in [0.15, 0.2) is 0 Å². The average molecular weight is 408 g/mol. The Kier molecular flexibility index (Phi) is 7.89. The van der Waals surface area contributed by atoms with Crippen LogP contribution in [-0.2, 0) is 14.4 Å². The maximum atomic E-state index is 13.0. The highest BCUT2D eigenvalue weighted by Crippen LogP contribution is 2.25. The van der Waals surface area contributed by atoms with Crippen molar-refractivity contribution in [1.82, 2.24) is 19.6 Å². The Morgan fingerprint density at radius 2 is 1.55 bits per heavy atom. The predicted octanol–water partition coefficient (Wildman–Crippen LogP) is 0.119. The molecule has 3 rings (SSSR count). The van der Waals surface area contributed by atoms with Crippen molar-refractivity contribution in [1.29, 1.82) is 0 Å². The Bertz CT molecular complexity index is 583. The van der Waals surface area contributed by atoms with Crippen molar-refractivity contribution in [2.24, 2.45) is 11.7 Å². The molecule has 0 spiro atoms. The van der Waals surface area contributed by atoms with Gasteiger partial charge in [0, 0.05) is 64.7 Å². The van der Waals surface area contributed by atoms with Crippen molar-refractivity contribution in [2.45, 2.75) is 51.0 Å². The first-order valence-electron chi connectivity index (χ1n) is 11.2. The van der Waals surface area contributed by atoms with Crippen LogP contribution in [0, 0.1) is 5.92 Å². The average Bonchev–Trinajstić information content (AvgIpc) is 2.73. The topological polar surface area (TPSA) is 90.2 Å². The van der Waals surface area contributed by atoms with Crippen molar-refractivity contribution in [3.05, 3.63) is 0 Å². The van der Waals surface area contributed by atoms with E-state index in [1.807, 2.05) is 4.90 Å². The molecule has 0 aromatic heterocycles. The van der Waals surface area contributed by atoms with E-state index in [2.05, 4.69) is 21.7 Å². The van der Waals surface area contributed by atoms with Crippen LogP contribution in [0.1, 0.15) is 44.9 Å². The summed E-state index contributed by atoms with van der Waals surface area (Å²) in [5.41, 5.74) is 5.15. The number of rotatable bonds is 6. The summed E-state index contributed by atoms with van der Waals surface area (Å²) in [5, 5.41) is 0. The third-order valence-corrected chi connectivity index (χ3v) is 6.76. The molecule has 0 aliphatic carbocycles. The van der Waals surface area contributed by atoms with Gasteiger partial charge in [0.25, 0.3) is 0 Å². The molecule has 3 amide bonds. The van der Waals surface area contributed by atoms with Crippen LogP contribution in [-0.4, -0.2) is 103 Å². The Labute approximate surface area is 174 Å². The van der Waals surface area contributed by atoms with Gasteiger partial charge >= 0.3 is 0 Å². The number of likely N-dealkylation sites (tertiary alicyclic amines) is 2. The van der Waals surface area contributed by atoms with Gasteiger partial charge in [-0.3, -0.25) is 19.3 Å². The molecule has 0 aromatic rings. The number of carbonyl (C=O) groups excluding carboxylic acids is 3. The number of primary amides is 1. The van der Waals surface area contributed by atoms with Gasteiger partial charge in [-0.2, -0.15) is 0 Å². The number of nitrogens with two attached hydrogens (primary N) is 1. The molecule has 164 valence electrons. The molecule has 29 heavy (non-hydrogen) atoms. The zero-order valence-electron chi connectivity index (χ0n) is 17.9. The fourth-order valence-corrected chi connectivity index (χ4v) is 4.88. The fraction of sp³-hybridized carbons (Fsp3) is 0.857. The lowest BCUT2D eigenvalue weighted by molar-refractivity contribution is -0.139. The van der Waals surface area contributed by atoms with E-state index in [1.165, 1.54) is 0 Å². The van der Waals surface area contributed by atoms with Crippen molar-refractivity contribution >= 4 is 17.7 Å². The van der Waals surface area contributed by atoms with Gasteiger partial charge in [0.05, 0.1) is 5.92 Å². The summed E-state index contributed by atoms with van der Waals surface area (Å²) in [5.74, 6) is 0.249. The number of hydrogen-bond donors (Lipinski definition) is 1. The lowest BCUT2D eigenvalue weighted by Gasteiger charge is -2.43. The fourth-order valence-electron chi connectivity index (χ4n) is 4.88. The third-order valence-electron chi connectivity index (χ3n) is 6.76. The Balaban J connectivity index is 1.43. The largest absolute Gasteiger partial charge is 0.370 e.